The SMILES string of the molecule is CC1(C)C[C@H]([NH+](CCc2ccccc2)Cc2ccccc2)CCO1. The van der Waals surface area contributed by atoms with Crippen molar-refractivity contribution in [2.45, 2.75) is 51.3 Å². The summed E-state index contributed by atoms with van der Waals surface area (Å²) in [6.07, 6.45) is 3.45. The molecule has 1 N–H and O–H groups in total. The predicted molar refractivity (Wildman–Crippen MR) is 99.2 cm³/mol. The second-order valence-electron chi connectivity index (χ2n) is 7.60. The molecule has 1 heterocycles. The number of hydrogen-bond acceptors (Lipinski definition) is 1. The number of quaternary nitrogens is 1. The van der Waals surface area contributed by atoms with Gasteiger partial charge < -0.3 is 9.64 Å². The molecular formula is C22H30NO+. The number of nitrogens with one attached hydrogen (secondary N) is 1. The minimum absolute atomic E-state index is 0.0115. The fourth-order valence-electron chi connectivity index (χ4n) is 3.82. The third-order valence-electron chi connectivity index (χ3n) is 5.13. The average molecular weight is 324 g/mol. The van der Waals surface area contributed by atoms with Gasteiger partial charge >= 0.3 is 0 Å². The van der Waals surface area contributed by atoms with Crippen LogP contribution in [0, 0.1) is 0 Å². The monoisotopic (exact) mass is 324 g/mol. The maximum absolute atomic E-state index is 5.95. The molecule has 1 unspecified atom stereocenters. The average Bonchev–Trinajstić information content (AvgIpc) is 2.59. The molecule has 0 bridgehead atoms. The van der Waals surface area contributed by atoms with E-state index in [1.54, 1.807) is 4.90 Å². The van der Waals surface area contributed by atoms with Gasteiger partial charge in [-0.25, -0.2) is 0 Å². The summed E-state index contributed by atoms with van der Waals surface area (Å²) in [5, 5.41) is 0. The zero-order chi connectivity index (χ0) is 16.8. The second-order valence-corrected chi connectivity index (χ2v) is 7.60. The number of hydrogen-bond donors (Lipinski definition) is 1. The quantitative estimate of drug-likeness (QED) is 0.861. The molecule has 1 fully saturated rings. The van der Waals surface area contributed by atoms with Gasteiger partial charge in [0, 0.05) is 24.8 Å². The summed E-state index contributed by atoms with van der Waals surface area (Å²) in [6, 6.07) is 22.5. The summed E-state index contributed by atoms with van der Waals surface area (Å²) in [4.78, 5) is 1.70. The van der Waals surface area contributed by atoms with Gasteiger partial charge in [0.25, 0.3) is 0 Å². The molecule has 1 aliphatic rings. The highest BCUT2D eigenvalue weighted by Gasteiger charge is 2.34. The maximum Gasteiger partial charge on any atom is 0.103 e. The highest BCUT2D eigenvalue weighted by atomic mass is 16.5. The lowest BCUT2D eigenvalue weighted by Crippen LogP contribution is -3.15. The molecule has 1 aliphatic heterocycles. The van der Waals surface area contributed by atoms with Crippen LogP contribution in [-0.2, 0) is 17.7 Å². The van der Waals surface area contributed by atoms with Crippen molar-refractivity contribution in [3.63, 3.8) is 0 Å². The molecule has 2 aromatic carbocycles. The molecule has 0 spiro atoms. The van der Waals surface area contributed by atoms with Crippen LogP contribution < -0.4 is 4.90 Å². The van der Waals surface area contributed by atoms with Crippen LogP contribution in [0.5, 0.6) is 0 Å². The van der Waals surface area contributed by atoms with Crippen molar-refractivity contribution < 1.29 is 9.64 Å². The van der Waals surface area contributed by atoms with E-state index in [-0.39, 0.29) is 5.60 Å². The van der Waals surface area contributed by atoms with Crippen LogP contribution >= 0.6 is 0 Å². The fourth-order valence-corrected chi connectivity index (χ4v) is 3.82. The van der Waals surface area contributed by atoms with Gasteiger partial charge in [-0.1, -0.05) is 60.7 Å². The predicted octanol–water partition coefficient (Wildman–Crippen LogP) is 3.27. The van der Waals surface area contributed by atoms with Crippen molar-refractivity contribution in [2.75, 3.05) is 13.2 Å². The van der Waals surface area contributed by atoms with Crippen LogP contribution in [-0.4, -0.2) is 24.8 Å². The lowest BCUT2D eigenvalue weighted by Gasteiger charge is -2.39. The molecule has 1 saturated heterocycles. The summed E-state index contributed by atoms with van der Waals surface area (Å²) < 4.78 is 5.95. The van der Waals surface area contributed by atoms with Gasteiger partial charge in [-0.2, -0.15) is 0 Å². The van der Waals surface area contributed by atoms with Gasteiger partial charge in [-0.15, -0.1) is 0 Å². The Morgan fingerprint density at radius 3 is 2.21 bits per heavy atom. The van der Waals surface area contributed by atoms with Crippen molar-refractivity contribution in [3.8, 4) is 0 Å². The Morgan fingerprint density at radius 1 is 0.958 bits per heavy atom. The maximum atomic E-state index is 5.95. The van der Waals surface area contributed by atoms with Crippen molar-refractivity contribution >= 4 is 0 Å². The first kappa shape index (κ1) is 17.2. The lowest BCUT2D eigenvalue weighted by molar-refractivity contribution is -0.941. The highest BCUT2D eigenvalue weighted by molar-refractivity contribution is 5.15. The van der Waals surface area contributed by atoms with Gasteiger partial charge in [0.1, 0.15) is 6.54 Å². The van der Waals surface area contributed by atoms with E-state index in [1.807, 2.05) is 0 Å². The molecule has 0 aliphatic carbocycles. The summed E-state index contributed by atoms with van der Waals surface area (Å²) in [7, 11) is 0. The standard InChI is InChI=1S/C22H29NO/c1-22(2)17-21(14-16-24-22)23(18-20-11-7-4-8-12-20)15-13-19-9-5-3-6-10-19/h3-12,21H,13-18H2,1-2H3/p+1/t21-/m1/s1. The van der Waals surface area contributed by atoms with Gasteiger partial charge in [-0.05, 0) is 19.4 Å². The number of benzene rings is 2. The molecule has 2 aromatic rings. The second kappa shape index (κ2) is 7.96. The Balaban J connectivity index is 1.70. The van der Waals surface area contributed by atoms with Crippen molar-refractivity contribution in [1.29, 1.82) is 0 Å². The van der Waals surface area contributed by atoms with Crippen molar-refractivity contribution in [2.24, 2.45) is 0 Å². The molecule has 2 heteroatoms. The minimum atomic E-state index is 0.0115. The van der Waals surface area contributed by atoms with E-state index in [0.29, 0.717) is 6.04 Å². The summed E-state index contributed by atoms with van der Waals surface area (Å²) in [6.45, 7) is 7.64. The summed E-state index contributed by atoms with van der Waals surface area (Å²) >= 11 is 0. The summed E-state index contributed by atoms with van der Waals surface area (Å²) in [5.74, 6) is 0. The molecule has 0 saturated carbocycles. The third-order valence-corrected chi connectivity index (χ3v) is 5.13. The molecule has 2 atom stereocenters. The zero-order valence-electron chi connectivity index (χ0n) is 15.0. The van der Waals surface area contributed by atoms with Crippen LogP contribution in [0.25, 0.3) is 0 Å². The van der Waals surface area contributed by atoms with Crippen LogP contribution in [0.1, 0.15) is 37.8 Å². The minimum Gasteiger partial charge on any atom is -0.375 e. The molecule has 128 valence electrons. The largest absolute Gasteiger partial charge is 0.375 e. The first-order chi connectivity index (χ1) is 11.6. The normalized spacial score (nSPS) is 21.3. The molecule has 2 nitrogen and oxygen atoms in total. The Hall–Kier alpha value is -1.64. The van der Waals surface area contributed by atoms with Gasteiger partial charge in [0.2, 0.25) is 0 Å². The first-order valence-electron chi connectivity index (χ1n) is 9.19. The molecule has 0 radical (unpaired) electrons. The number of rotatable bonds is 6. The lowest BCUT2D eigenvalue weighted by atomic mass is 9.92. The van der Waals surface area contributed by atoms with Gasteiger partial charge in [0.05, 0.1) is 24.8 Å². The van der Waals surface area contributed by atoms with E-state index in [0.717, 1.165) is 26.0 Å². The molecule has 0 aromatic heterocycles. The van der Waals surface area contributed by atoms with Crippen molar-refractivity contribution in [1.82, 2.24) is 0 Å². The Labute approximate surface area is 146 Å². The zero-order valence-corrected chi connectivity index (χ0v) is 15.0. The van der Waals surface area contributed by atoms with Crippen LogP contribution in [0.4, 0.5) is 0 Å². The van der Waals surface area contributed by atoms with E-state index in [2.05, 4.69) is 74.5 Å². The van der Waals surface area contributed by atoms with Gasteiger partial charge in [0.15, 0.2) is 0 Å². The first-order valence-corrected chi connectivity index (χ1v) is 9.19. The Morgan fingerprint density at radius 2 is 1.58 bits per heavy atom. The molecule has 24 heavy (non-hydrogen) atoms. The highest BCUT2D eigenvalue weighted by Crippen LogP contribution is 2.22. The molecule has 0 amide bonds. The van der Waals surface area contributed by atoms with E-state index in [1.165, 1.54) is 24.1 Å². The van der Waals surface area contributed by atoms with Crippen molar-refractivity contribution in [3.05, 3.63) is 71.8 Å². The topological polar surface area (TPSA) is 13.7 Å². The van der Waals surface area contributed by atoms with Gasteiger partial charge in [-0.3, -0.25) is 0 Å². The fraction of sp³-hybridized carbons (Fsp3) is 0.455. The van der Waals surface area contributed by atoms with E-state index in [9.17, 15) is 0 Å². The molecular weight excluding hydrogens is 294 g/mol. The van der Waals surface area contributed by atoms with E-state index in [4.69, 9.17) is 4.74 Å². The smallest absolute Gasteiger partial charge is 0.103 e. The Kier molecular flexibility index (Phi) is 5.70. The van der Waals surface area contributed by atoms with E-state index >= 15 is 0 Å². The Bertz CT molecular complexity index is 608. The molecule has 3 rings (SSSR count). The van der Waals surface area contributed by atoms with Crippen LogP contribution in [0.15, 0.2) is 60.7 Å². The third kappa shape index (κ3) is 4.93. The summed E-state index contributed by atoms with van der Waals surface area (Å²) in [5.41, 5.74) is 2.89. The van der Waals surface area contributed by atoms with E-state index < -0.39 is 0 Å². The number of ether oxygens (including phenoxy) is 1. The van der Waals surface area contributed by atoms with Crippen LogP contribution in [0.2, 0.25) is 0 Å². The van der Waals surface area contributed by atoms with Crippen LogP contribution in [0.3, 0.4) is 0 Å².